The van der Waals surface area contributed by atoms with Crippen molar-refractivity contribution in [3.8, 4) is 0 Å². The summed E-state index contributed by atoms with van der Waals surface area (Å²) in [4.78, 5) is 36.5. The van der Waals surface area contributed by atoms with Gasteiger partial charge in [-0.2, -0.15) is 0 Å². The van der Waals surface area contributed by atoms with Crippen molar-refractivity contribution in [1.82, 2.24) is 14.9 Å². The number of aromatic amines is 1. The maximum atomic E-state index is 12.0. The van der Waals surface area contributed by atoms with Gasteiger partial charge in [0.1, 0.15) is 6.54 Å². The Balaban J connectivity index is 2.06. The van der Waals surface area contributed by atoms with E-state index in [1.807, 2.05) is 0 Å². The van der Waals surface area contributed by atoms with E-state index >= 15 is 0 Å². The highest BCUT2D eigenvalue weighted by molar-refractivity contribution is 6.42. The average Bonchev–Trinajstić information content (AvgIpc) is 2.45. The zero-order chi connectivity index (χ0) is 16.3. The van der Waals surface area contributed by atoms with Gasteiger partial charge < -0.3 is 5.32 Å². The molecule has 1 unspecified atom stereocenters. The van der Waals surface area contributed by atoms with Gasteiger partial charge in [0.25, 0.3) is 5.56 Å². The maximum Gasteiger partial charge on any atom is 0.328 e. The molecule has 1 amide bonds. The molecule has 2 N–H and O–H groups in total. The molecule has 0 radical (unpaired) electrons. The summed E-state index contributed by atoms with van der Waals surface area (Å²) in [7, 11) is 0. The number of H-pyrrole nitrogens is 1. The van der Waals surface area contributed by atoms with E-state index in [1.54, 1.807) is 25.1 Å². The number of aromatic nitrogens is 2. The van der Waals surface area contributed by atoms with Crippen LogP contribution in [0.25, 0.3) is 0 Å². The van der Waals surface area contributed by atoms with Crippen molar-refractivity contribution < 1.29 is 4.79 Å². The average molecular weight is 342 g/mol. The first-order chi connectivity index (χ1) is 10.4. The molecular weight excluding hydrogens is 329 g/mol. The predicted octanol–water partition coefficient (Wildman–Crippen LogP) is 1.72. The summed E-state index contributed by atoms with van der Waals surface area (Å²) < 4.78 is 1.11. The molecule has 6 nitrogen and oxygen atoms in total. The lowest BCUT2D eigenvalue weighted by Gasteiger charge is -2.15. The van der Waals surface area contributed by atoms with Crippen molar-refractivity contribution >= 4 is 29.1 Å². The normalized spacial score (nSPS) is 12.0. The van der Waals surface area contributed by atoms with E-state index < -0.39 is 11.2 Å². The van der Waals surface area contributed by atoms with Gasteiger partial charge in [-0.1, -0.05) is 29.3 Å². The van der Waals surface area contributed by atoms with Crippen LogP contribution in [0.4, 0.5) is 0 Å². The number of nitrogens with zero attached hydrogens (tertiary/aromatic N) is 1. The highest BCUT2D eigenvalue weighted by Gasteiger charge is 2.12. The molecule has 1 heterocycles. The second kappa shape index (κ2) is 6.81. The number of hydrogen-bond acceptors (Lipinski definition) is 3. The van der Waals surface area contributed by atoms with E-state index in [1.165, 1.54) is 12.3 Å². The standard InChI is InChI=1S/C14H13Cl2N3O3/c1-8(9-2-3-10(15)11(16)6-9)17-13(21)7-19-5-4-12(20)18-14(19)22/h2-6,8H,7H2,1H3,(H,17,21)(H,18,20,22). The summed E-state index contributed by atoms with van der Waals surface area (Å²) in [6, 6.07) is 5.94. The summed E-state index contributed by atoms with van der Waals surface area (Å²) in [5.74, 6) is -0.368. The molecule has 1 atom stereocenters. The maximum absolute atomic E-state index is 12.0. The molecule has 0 saturated carbocycles. The van der Waals surface area contributed by atoms with Crippen molar-refractivity contribution in [2.75, 3.05) is 0 Å². The number of rotatable bonds is 4. The topological polar surface area (TPSA) is 84.0 Å². The highest BCUT2D eigenvalue weighted by Crippen LogP contribution is 2.25. The molecule has 2 rings (SSSR count). The van der Waals surface area contributed by atoms with Crippen LogP contribution in [-0.2, 0) is 11.3 Å². The third-order valence-electron chi connectivity index (χ3n) is 3.03. The Bertz CT molecular complexity index is 813. The number of carbonyl (C=O) groups excluding carboxylic acids is 1. The molecule has 0 aliphatic heterocycles. The molecule has 0 aliphatic carbocycles. The number of halogens is 2. The Hall–Kier alpha value is -2.05. The SMILES string of the molecule is CC(NC(=O)Cn1ccc(=O)[nH]c1=O)c1ccc(Cl)c(Cl)c1. The molecule has 1 aromatic carbocycles. The minimum Gasteiger partial charge on any atom is -0.348 e. The number of carbonyl (C=O) groups is 1. The molecule has 0 fully saturated rings. The van der Waals surface area contributed by atoms with Crippen LogP contribution >= 0.6 is 23.2 Å². The van der Waals surface area contributed by atoms with Crippen molar-refractivity contribution in [3.63, 3.8) is 0 Å². The minimum atomic E-state index is -0.634. The lowest BCUT2D eigenvalue weighted by atomic mass is 10.1. The summed E-state index contributed by atoms with van der Waals surface area (Å²) in [5, 5.41) is 3.57. The van der Waals surface area contributed by atoms with Crippen molar-refractivity contribution in [1.29, 1.82) is 0 Å². The second-order valence-electron chi connectivity index (χ2n) is 4.70. The predicted molar refractivity (Wildman–Crippen MR) is 84.3 cm³/mol. The van der Waals surface area contributed by atoms with Crippen molar-refractivity contribution in [2.24, 2.45) is 0 Å². The van der Waals surface area contributed by atoms with Crippen LogP contribution in [0.2, 0.25) is 10.0 Å². The van der Waals surface area contributed by atoms with Crippen LogP contribution in [0.15, 0.2) is 40.1 Å². The van der Waals surface area contributed by atoms with E-state index in [-0.39, 0.29) is 18.5 Å². The van der Waals surface area contributed by atoms with Gasteiger partial charge >= 0.3 is 5.69 Å². The van der Waals surface area contributed by atoms with Crippen molar-refractivity contribution in [2.45, 2.75) is 19.5 Å². The minimum absolute atomic E-state index is 0.193. The Morgan fingerprint density at radius 2 is 2.00 bits per heavy atom. The number of nitrogens with one attached hydrogen (secondary N) is 2. The van der Waals surface area contributed by atoms with Gasteiger partial charge in [-0.15, -0.1) is 0 Å². The smallest absolute Gasteiger partial charge is 0.328 e. The number of amides is 1. The zero-order valence-electron chi connectivity index (χ0n) is 11.6. The fourth-order valence-electron chi connectivity index (χ4n) is 1.88. The molecule has 8 heteroatoms. The Morgan fingerprint density at radius 1 is 1.27 bits per heavy atom. The van der Waals surface area contributed by atoms with Crippen LogP contribution in [0.1, 0.15) is 18.5 Å². The molecule has 0 bridgehead atoms. The Kier molecular flexibility index (Phi) is 5.05. The van der Waals surface area contributed by atoms with Crippen LogP contribution in [-0.4, -0.2) is 15.5 Å². The van der Waals surface area contributed by atoms with Crippen molar-refractivity contribution in [3.05, 3.63) is 66.9 Å². The third kappa shape index (κ3) is 3.99. The molecular formula is C14H13Cl2N3O3. The number of hydrogen-bond donors (Lipinski definition) is 2. The van der Waals surface area contributed by atoms with Gasteiger partial charge in [0, 0.05) is 12.3 Å². The zero-order valence-corrected chi connectivity index (χ0v) is 13.1. The van der Waals surface area contributed by atoms with Crippen LogP contribution in [0, 0.1) is 0 Å². The monoisotopic (exact) mass is 341 g/mol. The lowest BCUT2D eigenvalue weighted by Crippen LogP contribution is -2.36. The molecule has 1 aromatic heterocycles. The molecule has 116 valence electrons. The molecule has 0 saturated heterocycles. The van der Waals surface area contributed by atoms with E-state index in [2.05, 4.69) is 10.3 Å². The molecule has 2 aromatic rings. The quantitative estimate of drug-likeness (QED) is 0.887. The van der Waals surface area contributed by atoms with Crippen LogP contribution in [0.5, 0.6) is 0 Å². The number of benzene rings is 1. The van der Waals surface area contributed by atoms with Crippen LogP contribution in [0.3, 0.4) is 0 Å². The largest absolute Gasteiger partial charge is 0.348 e. The van der Waals surface area contributed by atoms with Gasteiger partial charge in [0.15, 0.2) is 0 Å². The Morgan fingerprint density at radius 3 is 2.64 bits per heavy atom. The molecule has 0 aliphatic rings. The fourth-order valence-corrected chi connectivity index (χ4v) is 2.18. The van der Waals surface area contributed by atoms with Crippen LogP contribution < -0.4 is 16.6 Å². The van der Waals surface area contributed by atoms with Gasteiger partial charge in [-0.05, 0) is 24.6 Å². The first-order valence-corrected chi connectivity index (χ1v) is 7.16. The van der Waals surface area contributed by atoms with Gasteiger partial charge in [-0.25, -0.2) is 4.79 Å². The van der Waals surface area contributed by atoms with Gasteiger partial charge in [-0.3, -0.25) is 19.1 Å². The first-order valence-electron chi connectivity index (χ1n) is 6.41. The second-order valence-corrected chi connectivity index (χ2v) is 5.52. The fraction of sp³-hybridized carbons (Fsp3) is 0.214. The summed E-state index contributed by atoms with van der Waals surface area (Å²) in [6.07, 6.45) is 1.27. The Labute approximate surface area is 135 Å². The first kappa shape index (κ1) is 16.3. The summed E-state index contributed by atoms with van der Waals surface area (Å²) >= 11 is 11.8. The highest BCUT2D eigenvalue weighted by atomic mass is 35.5. The lowest BCUT2D eigenvalue weighted by molar-refractivity contribution is -0.122. The molecule has 0 spiro atoms. The van der Waals surface area contributed by atoms with Gasteiger partial charge in [0.2, 0.25) is 5.91 Å². The summed E-state index contributed by atoms with van der Waals surface area (Å²) in [6.45, 7) is 1.59. The van der Waals surface area contributed by atoms with E-state index in [0.29, 0.717) is 10.0 Å². The van der Waals surface area contributed by atoms with E-state index in [4.69, 9.17) is 23.2 Å². The molecule has 22 heavy (non-hydrogen) atoms. The third-order valence-corrected chi connectivity index (χ3v) is 3.77. The van der Waals surface area contributed by atoms with Gasteiger partial charge in [0.05, 0.1) is 16.1 Å². The summed E-state index contributed by atoms with van der Waals surface area (Å²) in [5.41, 5.74) is -0.354. The van der Waals surface area contributed by atoms with E-state index in [9.17, 15) is 14.4 Å². The van der Waals surface area contributed by atoms with E-state index in [0.717, 1.165) is 10.1 Å².